The first-order valence-electron chi connectivity index (χ1n) is 8.58. The first-order chi connectivity index (χ1) is 11.0. The molecular formula is C17H30N4S2. The number of hydrogen-bond donors (Lipinski definition) is 1. The molecule has 1 aromatic rings. The third-order valence-corrected chi connectivity index (χ3v) is 6.11. The number of nitrogens with zero attached hydrogens (tertiary/aromatic N) is 3. The van der Waals surface area contributed by atoms with Crippen molar-refractivity contribution in [3.8, 4) is 0 Å². The Morgan fingerprint density at radius 3 is 2.91 bits per heavy atom. The van der Waals surface area contributed by atoms with Gasteiger partial charge in [-0.05, 0) is 47.0 Å². The van der Waals surface area contributed by atoms with E-state index in [1.54, 1.807) is 11.3 Å². The molecule has 0 aromatic carbocycles. The van der Waals surface area contributed by atoms with Gasteiger partial charge in [-0.15, -0.1) is 11.3 Å². The smallest absolute Gasteiger partial charge is 0.193 e. The van der Waals surface area contributed by atoms with Crippen LogP contribution in [0.2, 0.25) is 0 Å². The Morgan fingerprint density at radius 2 is 2.26 bits per heavy atom. The Morgan fingerprint density at radius 1 is 1.43 bits per heavy atom. The number of nitrogens with one attached hydrogen (secondary N) is 1. The van der Waals surface area contributed by atoms with Gasteiger partial charge >= 0.3 is 0 Å². The van der Waals surface area contributed by atoms with E-state index in [4.69, 9.17) is 4.99 Å². The lowest BCUT2D eigenvalue weighted by Crippen LogP contribution is -2.51. The van der Waals surface area contributed by atoms with E-state index in [0.717, 1.165) is 57.1 Å². The molecule has 1 fully saturated rings. The number of unbranched alkanes of at least 4 members (excludes halogenated alkanes) is 1. The third-order valence-electron chi connectivity index (χ3n) is 3.79. The summed E-state index contributed by atoms with van der Waals surface area (Å²) >= 11 is 3.84. The zero-order chi connectivity index (χ0) is 16.7. The van der Waals surface area contributed by atoms with Gasteiger partial charge in [0.05, 0.1) is 5.01 Å². The SMILES string of the molecule is CCNC(=NCCCCc1nc(C)cs1)N1CCSC(C)(C)C1. The van der Waals surface area contributed by atoms with Crippen LogP contribution in [0.5, 0.6) is 0 Å². The molecule has 0 aliphatic carbocycles. The van der Waals surface area contributed by atoms with Crippen LogP contribution >= 0.6 is 23.1 Å². The van der Waals surface area contributed by atoms with Crippen molar-refractivity contribution in [2.75, 3.05) is 31.9 Å². The van der Waals surface area contributed by atoms with Crippen LogP contribution in [0.25, 0.3) is 0 Å². The molecule has 0 saturated carbocycles. The summed E-state index contributed by atoms with van der Waals surface area (Å²) in [4.78, 5) is 11.8. The summed E-state index contributed by atoms with van der Waals surface area (Å²) in [6, 6.07) is 0. The second-order valence-corrected chi connectivity index (χ2v) is 9.35. The Balaban J connectivity index is 1.79. The lowest BCUT2D eigenvalue weighted by molar-refractivity contribution is 0.375. The average Bonchev–Trinajstić information content (AvgIpc) is 2.90. The average molecular weight is 355 g/mol. The molecule has 1 aromatic heterocycles. The van der Waals surface area contributed by atoms with Crippen molar-refractivity contribution in [3.63, 3.8) is 0 Å². The molecule has 0 spiro atoms. The van der Waals surface area contributed by atoms with Crippen molar-refractivity contribution in [2.45, 2.75) is 51.7 Å². The second-order valence-electron chi connectivity index (χ2n) is 6.61. The predicted octanol–water partition coefficient (Wildman–Crippen LogP) is 3.57. The maximum absolute atomic E-state index is 4.84. The quantitative estimate of drug-likeness (QED) is 0.482. The number of aryl methyl sites for hydroxylation is 2. The molecule has 4 nitrogen and oxygen atoms in total. The highest BCUT2D eigenvalue weighted by Crippen LogP contribution is 2.29. The van der Waals surface area contributed by atoms with Crippen LogP contribution in [-0.4, -0.2) is 52.5 Å². The Labute approximate surface area is 149 Å². The molecule has 0 bridgehead atoms. The van der Waals surface area contributed by atoms with Gasteiger partial charge in [0.1, 0.15) is 0 Å². The number of aliphatic imine (C=N–C) groups is 1. The molecule has 23 heavy (non-hydrogen) atoms. The maximum atomic E-state index is 4.84. The first kappa shape index (κ1) is 18.6. The molecule has 1 saturated heterocycles. The van der Waals surface area contributed by atoms with Crippen molar-refractivity contribution in [3.05, 3.63) is 16.1 Å². The first-order valence-corrected chi connectivity index (χ1v) is 10.4. The normalized spacial score (nSPS) is 18.3. The van der Waals surface area contributed by atoms with E-state index in [-0.39, 0.29) is 0 Å². The van der Waals surface area contributed by atoms with Crippen molar-refractivity contribution in [1.29, 1.82) is 0 Å². The summed E-state index contributed by atoms with van der Waals surface area (Å²) in [7, 11) is 0. The van der Waals surface area contributed by atoms with E-state index >= 15 is 0 Å². The fourth-order valence-corrected chi connectivity index (χ4v) is 4.64. The molecule has 0 amide bonds. The highest BCUT2D eigenvalue weighted by atomic mass is 32.2. The molecule has 0 radical (unpaired) electrons. The van der Waals surface area contributed by atoms with Crippen LogP contribution in [-0.2, 0) is 6.42 Å². The van der Waals surface area contributed by atoms with E-state index in [0.29, 0.717) is 4.75 Å². The van der Waals surface area contributed by atoms with E-state index in [2.05, 4.69) is 60.0 Å². The minimum atomic E-state index is 0.317. The fourth-order valence-electron chi connectivity index (χ4n) is 2.71. The molecule has 1 aliphatic heterocycles. The van der Waals surface area contributed by atoms with Crippen LogP contribution in [0.1, 0.15) is 44.3 Å². The fraction of sp³-hybridized carbons (Fsp3) is 0.765. The van der Waals surface area contributed by atoms with Gasteiger partial charge in [-0.2, -0.15) is 11.8 Å². The van der Waals surface area contributed by atoms with Crippen LogP contribution in [0.15, 0.2) is 10.4 Å². The number of thiazole rings is 1. The molecule has 130 valence electrons. The van der Waals surface area contributed by atoms with Crippen molar-refractivity contribution >= 4 is 29.1 Å². The molecule has 0 atom stereocenters. The van der Waals surface area contributed by atoms with Gasteiger partial charge in [-0.25, -0.2) is 4.98 Å². The monoisotopic (exact) mass is 354 g/mol. The zero-order valence-corrected chi connectivity index (χ0v) is 16.5. The number of guanidine groups is 1. The van der Waals surface area contributed by atoms with Gasteiger partial charge in [0.15, 0.2) is 5.96 Å². The number of thioether (sulfide) groups is 1. The largest absolute Gasteiger partial charge is 0.357 e. The van der Waals surface area contributed by atoms with Gasteiger partial charge in [0.2, 0.25) is 0 Å². The summed E-state index contributed by atoms with van der Waals surface area (Å²) in [6.07, 6.45) is 3.37. The van der Waals surface area contributed by atoms with E-state index < -0.39 is 0 Å². The predicted molar refractivity (Wildman–Crippen MR) is 104 cm³/mol. The minimum Gasteiger partial charge on any atom is -0.357 e. The summed E-state index contributed by atoms with van der Waals surface area (Å²) in [5.74, 6) is 2.27. The summed E-state index contributed by atoms with van der Waals surface area (Å²) in [5, 5.41) is 6.85. The topological polar surface area (TPSA) is 40.5 Å². The molecule has 2 rings (SSSR count). The van der Waals surface area contributed by atoms with Gasteiger partial charge < -0.3 is 10.2 Å². The summed E-state index contributed by atoms with van der Waals surface area (Å²) in [6.45, 7) is 12.8. The van der Waals surface area contributed by atoms with E-state index in [9.17, 15) is 0 Å². The highest BCUT2D eigenvalue weighted by Gasteiger charge is 2.28. The van der Waals surface area contributed by atoms with Crippen LogP contribution < -0.4 is 5.32 Å². The van der Waals surface area contributed by atoms with Gasteiger partial charge in [-0.1, -0.05) is 0 Å². The number of aromatic nitrogens is 1. The Kier molecular flexibility index (Phi) is 7.21. The van der Waals surface area contributed by atoms with Gasteiger partial charge in [0, 0.05) is 47.8 Å². The maximum Gasteiger partial charge on any atom is 0.193 e. The Bertz CT molecular complexity index is 510. The van der Waals surface area contributed by atoms with Crippen LogP contribution in [0.4, 0.5) is 0 Å². The van der Waals surface area contributed by atoms with Crippen molar-refractivity contribution in [1.82, 2.24) is 15.2 Å². The number of rotatable bonds is 6. The molecule has 1 aliphatic rings. The third kappa shape index (κ3) is 6.34. The molecule has 6 heteroatoms. The lowest BCUT2D eigenvalue weighted by atomic mass is 10.2. The van der Waals surface area contributed by atoms with Crippen LogP contribution in [0.3, 0.4) is 0 Å². The summed E-state index contributed by atoms with van der Waals surface area (Å²) in [5.41, 5.74) is 1.14. The second kappa shape index (κ2) is 8.92. The Hall–Kier alpha value is -0.750. The standard InChI is InChI=1S/C17H30N4S2/c1-5-18-16(21-10-11-23-17(3,4)13-21)19-9-7-6-8-15-20-14(2)12-22-15/h12H,5-11,13H2,1-4H3,(H,18,19). The number of hydrogen-bond acceptors (Lipinski definition) is 4. The lowest BCUT2D eigenvalue weighted by Gasteiger charge is -2.39. The highest BCUT2D eigenvalue weighted by molar-refractivity contribution is 8.00. The van der Waals surface area contributed by atoms with E-state index in [1.807, 2.05) is 0 Å². The van der Waals surface area contributed by atoms with Crippen molar-refractivity contribution in [2.24, 2.45) is 4.99 Å². The summed E-state index contributed by atoms with van der Waals surface area (Å²) < 4.78 is 0.317. The minimum absolute atomic E-state index is 0.317. The van der Waals surface area contributed by atoms with Gasteiger partial charge in [-0.3, -0.25) is 4.99 Å². The van der Waals surface area contributed by atoms with Crippen LogP contribution in [0, 0.1) is 6.92 Å². The van der Waals surface area contributed by atoms with Crippen molar-refractivity contribution < 1.29 is 0 Å². The van der Waals surface area contributed by atoms with Gasteiger partial charge in [0.25, 0.3) is 0 Å². The molecule has 0 unspecified atom stereocenters. The molecular weight excluding hydrogens is 324 g/mol. The molecule has 1 N–H and O–H groups in total. The molecule has 2 heterocycles. The zero-order valence-electron chi connectivity index (χ0n) is 14.9. The van der Waals surface area contributed by atoms with E-state index in [1.165, 1.54) is 10.8 Å².